The molecule has 0 atom stereocenters. The van der Waals surface area contributed by atoms with Crippen molar-refractivity contribution in [3.8, 4) is 0 Å². The van der Waals surface area contributed by atoms with Crippen LogP contribution in [0.25, 0.3) is 0 Å². The molecule has 0 amide bonds. The number of aliphatic hydroxyl groups excluding tert-OH is 1. The summed E-state index contributed by atoms with van der Waals surface area (Å²) in [7, 11) is 0. The van der Waals surface area contributed by atoms with Gasteiger partial charge >= 0.3 is 0 Å². The number of rotatable bonds is 4. The zero-order valence-electron chi connectivity index (χ0n) is 9.04. The minimum Gasteiger partial charge on any atom is -0.396 e. The molecule has 2 N–H and O–H groups in total. The van der Waals surface area contributed by atoms with Crippen LogP contribution in [0.1, 0.15) is 25.8 Å². The molecule has 78 valence electrons. The van der Waals surface area contributed by atoms with E-state index >= 15 is 0 Å². The molecule has 1 aromatic rings. The number of hydrogen-bond donors (Lipinski definition) is 2. The van der Waals surface area contributed by atoms with Crippen molar-refractivity contribution in [2.24, 2.45) is 0 Å². The van der Waals surface area contributed by atoms with Crippen LogP contribution in [0, 0.1) is 6.92 Å². The van der Waals surface area contributed by atoms with E-state index in [1.54, 1.807) is 6.20 Å². The first-order chi connectivity index (χ1) is 6.55. The number of nitrogens with one attached hydrogen (secondary N) is 1. The fourth-order valence-electron chi connectivity index (χ4n) is 1.32. The first-order valence-corrected chi connectivity index (χ1v) is 4.85. The van der Waals surface area contributed by atoms with Crippen molar-refractivity contribution in [1.82, 2.24) is 4.98 Å². The molecule has 1 aromatic heterocycles. The van der Waals surface area contributed by atoms with E-state index in [1.807, 2.05) is 19.2 Å². The van der Waals surface area contributed by atoms with Crippen molar-refractivity contribution < 1.29 is 5.11 Å². The number of hydrogen-bond acceptors (Lipinski definition) is 3. The van der Waals surface area contributed by atoms with E-state index in [4.69, 9.17) is 5.11 Å². The van der Waals surface area contributed by atoms with Gasteiger partial charge in [-0.05, 0) is 38.8 Å². The summed E-state index contributed by atoms with van der Waals surface area (Å²) in [6, 6.07) is 1.95. The van der Waals surface area contributed by atoms with E-state index in [1.165, 1.54) is 0 Å². The number of anilines is 1. The normalized spacial score (nSPS) is 11.4. The molecule has 0 unspecified atom stereocenters. The lowest BCUT2D eigenvalue weighted by Crippen LogP contribution is -2.32. The van der Waals surface area contributed by atoms with Crippen LogP contribution in [0.4, 0.5) is 5.69 Å². The second-order valence-electron chi connectivity index (χ2n) is 4.17. The first-order valence-electron chi connectivity index (χ1n) is 4.85. The van der Waals surface area contributed by atoms with Gasteiger partial charge < -0.3 is 10.4 Å². The molecule has 0 saturated heterocycles. The lowest BCUT2D eigenvalue weighted by Gasteiger charge is -2.27. The Morgan fingerprint density at radius 3 is 2.79 bits per heavy atom. The van der Waals surface area contributed by atoms with Gasteiger partial charge in [-0.25, -0.2) is 0 Å². The quantitative estimate of drug-likeness (QED) is 0.770. The van der Waals surface area contributed by atoms with Crippen molar-refractivity contribution in [3.63, 3.8) is 0 Å². The first kappa shape index (κ1) is 11.0. The van der Waals surface area contributed by atoms with Gasteiger partial charge in [0, 0.05) is 30.2 Å². The second kappa shape index (κ2) is 4.42. The van der Waals surface area contributed by atoms with Crippen molar-refractivity contribution in [2.45, 2.75) is 32.7 Å². The van der Waals surface area contributed by atoms with Gasteiger partial charge in [-0.2, -0.15) is 0 Å². The zero-order valence-corrected chi connectivity index (χ0v) is 9.04. The highest BCUT2D eigenvalue weighted by molar-refractivity contribution is 5.50. The Balaban J connectivity index is 2.73. The lowest BCUT2D eigenvalue weighted by atomic mass is 10.0. The SMILES string of the molecule is Cc1cnccc1NC(C)(C)CCO. The fourth-order valence-corrected chi connectivity index (χ4v) is 1.32. The molecule has 0 aliphatic rings. The maximum atomic E-state index is 8.90. The lowest BCUT2D eigenvalue weighted by molar-refractivity contribution is 0.261. The molecule has 0 fully saturated rings. The highest BCUT2D eigenvalue weighted by Gasteiger charge is 2.16. The third kappa shape index (κ3) is 3.00. The summed E-state index contributed by atoms with van der Waals surface area (Å²) in [4.78, 5) is 4.03. The molecule has 0 bridgehead atoms. The second-order valence-corrected chi connectivity index (χ2v) is 4.17. The van der Waals surface area contributed by atoms with Crippen LogP contribution in [0.15, 0.2) is 18.5 Å². The molecular weight excluding hydrogens is 176 g/mol. The maximum absolute atomic E-state index is 8.90. The molecule has 3 heteroatoms. The Morgan fingerprint density at radius 2 is 2.21 bits per heavy atom. The Morgan fingerprint density at radius 1 is 1.50 bits per heavy atom. The molecule has 0 aromatic carbocycles. The topological polar surface area (TPSA) is 45.2 Å². The molecular formula is C11H18N2O. The van der Waals surface area contributed by atoms with Gasteiger partial charge in [-0.3, -0.25) is 4.98 Å². The van der Waals surface area contributed by atoms with Gasteiger partial charge in [0.2, 0.25) is 0 Å². The molecule has 0 aliphatic heterocycles. The zero-order chi connectivity index (χ0) is 10.6. The van der Waals surface area contributed by atoms with E-state index < -0.39 is 0 Å². The fraction of sp³-hybridized carbons (Fsp3) is 0.545. The van der Waals surface area contributed by atoms with Crippen LogP contribution in [0.5, 0.6) is 0 Å². The van der Waals surface area contributed by atoms with Gasteiger partial charge in [0.15, 0.2) is 0 Å². The summed E-state index contributed by atoms with van der Waals surface area (Å²) >= 11 is 0. The predicted molar refractivity (Wildman–Crippen MR) is 58.4 cm³/mol. The minimum absolute atomic E-state index is 0.0825. The maximum Gasteiger partial charge on any atom is 0.0453 e. The Hall–Kier alpha value is -1.09. The van der Waals surface area contributed by atoms with Crippen LogP contribution < -0.4 is 5.32 Å². The van der Waals surface area contributed by atoms with Crippen LogP contribution in [0.3, 0.4) is 0 Å². The van der Waals surface area contributed by atoms with Crippen molar-refractivity contribution in [3.05, 3.63) is 24.0 Å². The molecule has 0 spiro atoms. The summed E-state index contributed by atoms with van der Waals surface area (Å²) in [6.07, 6.45) is 4.33. The highest BCUT2D eigenvalue weighted by Crippen LogP contribution is 2.19. The van der Waals surface area contributed by atoms with Crippen molar-refractivity contribution >= 4 is 5.69 Å². The van der Waals surface area contributed by atoms with Gasteiger partial charge in [0.25, 0.3) is 0 Å². The number of pyridine rings is 1. The molecule has 14 heavy (non-hydrogen) atoms. The van der Waals surface area contributed by atoms with Crippen LogP contribution in [-0.2, 0) is 0 Å². The summed E-state index contributed by atoms with van der Waals surface area (Å²) in [5, 5.41) is 12.3. The van der Waals surface area contributed by atoms with E-state index in [0.29, 0.717) is 0 Å². The van der Waals surface area contributed by atoms with Gasteiger partial charge in [-0.15, -0.1) is 0 Å². The Bertz CT molecular complexity index is 297. The standard InChI is InChI=1S/C11H18N2O/c1-9-8-12-6-4-10(9)13-11(2,3)5-7-14/h4,6,8,14H,5,7H2,1-3H3,(H,12,13). The number of aryl methyl sites for hydroxylation is 1. The third-order valence-electron chi connectivity index (χ3n) is 2.23. The number of aliphatic hydroxyl groups is 1. The Kier molecular flexibility index (Phi) is 3.47. The van der Waals surface area contributed by atoms with Crippen molar-refractivity contribution in [1.29, 1.82) is 0 Å². The summed E-state index contributed by atoms with van der Waals surface area (Å²) in [5.74, 6) is 0. The Labute approximate surface area is 85.2 Å². The van der Waals surface area contributed by atoms with E-state index in [0.717, 1.165) is 17.7 Å². The smallest absolute Gasteiger partial charge is 0.0453 e. The molecule has 0 saturated carbocycles. The monoisotopic (exact) mass is 194 g/mol. The van der Waals surface area contributed by atoms with E-state index in [2.05, 4.69) is 24.1 Å². The summed E-state index contributed by atoms with van der Waals surface area (Å²) < 4.78 is 0. The predicted octanol–water partition coefficient (Wildman–Crippen LogP) is 1.96. The van der Waals surface area contributed by atoms with Gasteiger partial charge in [0.05, 0.1) is 0 Å². The average Bonchev–Trinajstić information content (AvgIpc) is 2.08. The molecule has 1 heterocycles. The highest BCUT2D eigenvalue weighted by atomic mass is 16.3. The van der Waals surface area contributed by atoms with Crippen LogP contribution in [0.2, 0.25) is 0 Å². The number of aromatic nitrogens is 1. The molecule has 0 aliphatic carbocycles. The average molecular weight is 194 g/mol. The number of nitrogens with zero attached hydrogens (tertiary/aromatic N) is 1. The largest absolute Gasteiger partial charge is 0.396 e. The third-order valence-corrected chi connectivity index (χ3v) is 2.23. The van der Waals surface area contributed by atoms with E-state index in [9.17, 15) is 0 Å². The summed E-state index contributed by atoms with van der Waals surface area (Å²) in [5.41, 5.74) is 2.12. The van der Waals surface area contributed by atoms with Crippen LogP contribution >= 0.6 is 0 Å². The molecule has 1 rings (SSSR count). The minimum atomic E-state index is -0.0825. The van der Waals surface area contributed by atoms with Gasteiger partial charge in [0.1, 0.15) is 0 Å². The van der Waals surface area contributed by atoms with Gasteiger partial charge in [-0.1, -0.05) is 0 Å². The van der Waals surface area contributed by atoms with Crippen molar-refractivity contribution in [2.75, 3.05) is 11.9 Å². The van der Waals surface area contributed by atoms with Crippen LogP contribution in [-0.4, -0.2) is 22.2 Å². The molecule has 0 radical (unpaired) electrons. The molecule has 3 nitrogen and oxygen atoms in total. The summed E-state index contributed by atoms with van der Waals surface area (Å²) in [6.45, 7) is 6.36. The van der Waals surface area contributed by atoms with E-state index in [-0.39, 0.29) is 12.1 Å².